The lowest BCUT2D eigenvalue weighted by atomic mass is 10.2. The zero-order chi connectivity index (χ0) is 17.8. The number of aromatic nitrogens is 4. The molecular formula is C17H17N5O2S. The fourth-order valence-electron chi connectivity index (χ4n) is 2.51. The van der Waals surface area contributed by atoms with Gasteiger partial charge in [0, 0.05) is 18.0 Å². The second kappa shape index (κ2) is 7.43. The Bertz CT molecular complexity index is 910. The van der Waals surface area contributed by atoms with E-state index in [1.807, 2.05) is 23.8 Å². The molecule has 0 aliphatic heterocycles. The maximum absolute atomic E-state index is 12.2. The molecule has 3 aromatic rings. The fraction of sp³-hybridized carbons (Fsp3) is 0.235. The molecule has 0 radical (unpaired) electrons. The van der Waals surface area contributed by atoms with Crippen LogP contribution in [0.25, 0.3) is 11.2 Å². The monoisotopic (exact) mass is 355 g/mol. The summed E-state index contributed by atoms with van der Waals surface area (Å²) in [6.07, 6.45) is 5.20. The fourth-order valence-corrected chi connectivity index (χ4v) is 3.00. The Morgan fingerprint density at radius 2 is 1.96 bits per heavy atom. The average molecular weight is 355 g/mol. The summed E-state index contributed by atoms with van der Waals surface area (Å²) in [6.45, 7) is 1.88. The van der Waals surface area contributed by atoms with E-state index in [9.17, 15) is 9.59 Å². The molecule has 1 N–H and O–H groups in total. The van der Waals surface area contributed by atoms with E-state index in [2.05, 4.69) is 20.3 Å². The molecule has 0 spiro atoms. The first-order valence-electron chi connectivity index (χ1n) is 7.71. The number of imidazole rings is 1. The van der Waals surface area contributed by atoms with E-state index in [1.165, 1.54) is 18.1 Å². The lowest BCUT2D eigenvalue weighted by molar-refractivity contribution is -0.120. The molecule has 1 atom stereocenters. The molecule has 2 heterocycles. The van der Waals surface area contributed by atoms with Crippen molar-refractivity contribution in [1.82, 2.24) is 24.8 Å². The van der Waals surface area contributed by atoms with Crippen LogP contribution in [0, 0.1) is 0 Å². The molecule has 3 rings (SSSR count). The number of imide groups is 1. The Hall–Kier alpha value is -2.74. The zero-order valence-electron chi connectivity index (χ0n) is 13.8. The third-order valence-corrected chi connectivity index (χ3v) is 4.45. The van der Waals surface area contributed by atoms with Gasteiger partial charge in [0.15, 0.2) is 5.65 Å². The minimum Gasteiger partial charge on any atom is -0.312 e. The molecule has 128 valence electrons. The lowest BCUT2D eigenvalue weighted by Crippen LogP contribution is -2.31. The van der Waals surface area contributed by atoms with Gasteiger partial charge in [-0.2, -0.15) is 0 Å². The molecule has 0 saturated heterocycles. The van der Waals surface area contributed by atoms with Gasteiger partial charge in [0.2, 0.25) is 5.91 Å². The number of nitrogens with zero attached hydrogens (tertiary/aromatic N) is 4. The highest BCUT2D eigenvalue weighted by Gasteiger charge is 2.18. The zero-order valence-corrected chi connectivity index (χ0v) is 14.7. The second-order valence-corrected chi connectivity index (χ2v) is 6.30. The summed E-state index contributed by atoms with van der Waals surface area (Å²) in [5.41, 5.74) is 1.84. The highest BCUT2D eigenvalue weighted by Crippen LogP contribution is 2.24. The standard InChI is InChI=1S/C17H17N5O2S/c1-11(8-13(23)21-16(24)12-6-4-3-5-7-12)22-10-20-14-15(22)18-9-19-17(14)25-2/h3-7,9-11H,8H2,1-2H3,(H,21,23,24). The molecule has 0 fully saturated rings. The highest BCUT2D eigenvalue weighted by molar-refractivity contribution is 7.98. The number of hydrogen-bond donors (Lipinski definition) is 1. The van der Waals surface area contributed by atoms with Crippen LogP contribution < -0.4 is 5.32 Å². The van der Waals surface area contributed by atoms with Crippen molar-refractivity contribution in [2.24, 2.45) is 0 Å². The molecule has 0 aliphatic rings. The van der Waals surface area contributed by atoms with Crippen LogP contribution in [0.3, 0.4) is 0 Å². The maximum Gasteiger partial charge on any atom is 0.257 e. The van der Waals surface area contributed by atoms with Crippen molar-refractivity contribution in [3.8, 4) is 0 Å². The summed E-state index contributed by atoms with van der Waals surface area (Å²) in [5, 5.41) is 3.20. The molecule has 2 amide bonds. The van der Waals surface area contributed by atoms with E-state index in [-0.39, 0.29) is 18.4 Å². The molecule has 0 aliphatic carbocycles. The first-order valence-corrected chi connectivity index (χ1v) is 8.93. The molecule has 1 aromatic carbocycles. The smallest absolute Gasteiger partial charge is 0.257 e. The van der Waals surface area contributed by atoms with E-state index in [1.54, 1.807) is 30.6 Å². The molecule has 25 heavy (non-hydrogen) atoms. The number of benzene rings is 1. The molecule has 0 bridgehead atoms. The molecule has 2 aromatic heterocycles. The molecule has 8 heteroatoms. The van der Waals surface area contributed by atoms with E-state index in [0.717, 1.165) is 5.03 Å². The van der Waals surface area contributed by atoms with Gasteiger partial charge in [-0.1, -0.05) is 18.2 Å². The maximum atomic E-state index is 12.2. The topological polar surface area (TPSA) is 89.8 Å². The predicted octanol–water partition coefficient (Wildman–Crippen LogP) is 2.46. The molecule has 0 saturated carbocycles. The van der Waals surface area contributed by atoms with Gasteiger partial charge >= 0.3 is 0 Å². The first-order chi connectivity index (χ1) is 12.1. The van der Waals surface area contributed by atoms with Crippen molar-refractivity contribution in [1.29, 1.82) is 0 Å². The van der Waals surface area contributed by atoms with Crippen LogP contribution in [-0.4, -0.2) is 37.6 Å². The van der Waals surface area contributed by atoms with Crippen molar-refractivity contribution < 1.29 is 9.59 Å². The van der Waals surface area contributed by atoms with Gasteiger partial charge in [0.05, 0.1) is 6.33 Å². The van der Waals surface area contributed by atoms with Crippen molar-refractivity contribution in [2.45, 2.75) is 24.4 Å². The third kappa shape index (κ3) is 3.69. The Labute approximate surface area is 148 Å². The van der Waals surface area contributed by atoms with Gasteiger partial charge in [-0.15, -0.1) is 11.8 Å². The summed E-state index contributed by atoms with van der Waals surface area (Å²) < 4.78 is 1.82. The summed E-state index contributed by atoms with van der Waals surface area (Å²) in [7, 11) is 0. The number of nitrogens with one attached hydrogen (secondary N) is 1. The number of hydrogen-bond acceptors (Lipinski definition) is 6. The normalized spacial score (nSPS) is 12.1. The summed E-state index contributed by atoms with van der Waals surface area (Å²) in [5.74, 6) is -0.748. The van der Waals surface area contributed by atoms with Crippen molar-refractivity contribution in [3.05, 3.63) is 48.5 Å². The Morgan fingerprint density at radius 3 is 2.68 bits per heavy atom. The van der Waals surface area contributed by atoms with Gasteiger partial charge < -0.3 is 4.57 Å². The van der Waals surface area contributed by atoms with E-state index in [0.29, 0.717) is 16.7 Å². The highest BCUT2D eigenvalue weighted by atomic mass is 32.2. The Kier molecular flexibility index (Phi) is 5.08. The molecular weight excluding hydrogens is 338 g/mol. The van der Waals surface area contributed by atoms with Crippen LogP contribution in [0.4, 0.5) is 0 Å². The SMILES string of the molecule is CSc1ncnc2c1ncn2C(C)CC(=O)NC(=O)c1ccccc1. The van der Waals surface area contributed by atoms with E-state index in [4.69, 9.17) is 0 Å². The minimum atomic E-state index is -0.403. The number of rotatable bonds is 5. The van der Waals surface area contributed by atoms with Crippen molar-refractivity contribution in [3.63, 3.8) is 0 Å². The minimum absolute atomic E-state index is 0.142. The summed E-state index contributed by atoms with van der Waals surface area (Å²) in [4.78, 5) is 37.0. The van der Waals surface area contributed by atoms with Crippen LogP contribution in [0.5, 0.6) is 0 Å². The van der Waals surface area contributed by atoms with Gasteiger partial charge in [-0.3, -0.25) is 14.9 Å². The van der Waals surface area contributed by atoms with E-state index < -0.39 is 5.91 Å². The van der Waals surface area contributed by atoms with Crippen LogP contribution >= 0.6 is 11.8 Å². The Morgan fingerprint density at radius 1 is 1.20 bits per heavy atom. The number of amides is 2. The van der Waals surface area contributed by atoms with Crippen LogP contribution in [0.2, 0.25) is 0 Å². The van der Waals surface area contributed by atoms with Crippen LogP contribution in [0.15, 0.2) is 48.0 Å². The second-order valence-electron chi connectivity index (χ2n) is 5.50. The predicted molar refractivity (Wildman–Crippen MR) is 95.3 cm³/mol. The number of fused-ring (bicyclic) bond motifs is 1. The van der Waals surface area contributed by atoms with Gasteiger partial charge in [-0.05, 0) is 25.3 Å². The van der Waals surface area contributed by atoms with Gasteiger partial charge in [0.25, 0.3) is 5.91 Å². The van der Waals surface area contributed by atoms with Crippen LogP contribution in [0.1, 0.15) is 29.7 Å². The molecule has 7 nitrogen and oxygen atoms in total. The van der Waals surface area contributed by atoms with Crippen molar-refractivity contribution >= 4 is 34.7 Å². The number of thioether (sulfide) groups is 1. The lowest BCUT2D eigenvalue weighted by Gasteiger charge is -2.13. The molecule has 1 unspecified atom stereocenters. The van der Waals surface area contributed by atoms with Gasteiger partial charge in [-0.25, -0.2) is 15.0 Å². The Balaban J connectivity index is 1.71. The van der Waals surface area contributed by atoms with E-state index >= 15 is 0 Å². The first kappa shape index (κ1) is 17.1. The third-order valence-electron chi connectivity index (χ3n) is 3.76. The van der Waals surface area contributed by atoms with Gasteiger partial charge in [0.1, 0.15) is 16.9 Å². The van der Waals surface area contributed by atoms with Crippen LogP contribution in [-0.2, 0) is 4.79 Å². The summed E-state index contributed by atoms with van der Waals surface area (Å²) >= 11 is 1.49. The van der Waals surface area contributed by atoms with Crippen molar-refractivity contribution in [2.75, 3.05) is 6.26 Å². The largest absolute Gasteiger partial charge is 0.312 e. The number of carbonyl (C=O) groups excluding carboxylic acids is 2. The average Bonchev–Trinajstić information content (AvgIpc) is 3.06. The quantitative estimate of drug-likeness (QED) is 0.558. The summed E-state index contributed by atoms with van der Waals surface area (Å²) in [6, 6.07) is 8.45. The number of carbonyl (C=O) groups is 2.